The molecular weight excluding hydrogens is 620 g/mol. The Kier molecular flexibility index (Phi) is 9.47. The Morgan fingerprint density at radius 3 is 2.33 bits per heavy atom. The summed E-state index contributed by atoms with van der Waals surface area (Å²) in [5, 5.41) is 0.628. The number of thiazole rings is 1. The molecular formula is C37H31ClN2O5S. The summed E-state index contributed by atoms with van der Waals surface area (Å²) in [6, 6.07) is 31.3. The lowest BCUT2D eigenvalue weighted by Crippen LogP contribution is -2.39. The minimum absolute atomic E-state index is 0.191. The van der Waals surface area contributed by atoms with E-state index in [1.165, 1.54) is 11.3 Å². The van der Waals surface area contributed by atoms with Crippen molar-refractivity contribution in [3.63, 3.8) is 0 Å². The number of carbonyl (C=O) groups is 1. The van der Waals surface area contributed by atoms with Gasteiger partial charge in [0, 0.05) is 16.1 Å². The van der Waals surface area contributed by atoms with E-state index < -0.39 is 12.0 Å². The normalized spacial score (nSPS) is 14.4. The van der Waals surface area contributed by atoms with Gasteiger partial charge in [0.2, 0.25) is 0 Å². The van der Waals surface area contributed by atoms with E-state index in [9.17, 15) is 9.59 Å². The molecule has 9 heteroatoms. The van der Waals surface area contributed by atoms with E-state index in [4.69, 9.17) is 30.8 Å². The van der Waals surface area contributed by atoms with Crippen molar-refractivity contribution < 1.29 is 19.0 Å². The van der Waals surface area contributed by atoms with Crippen molar-refractivity contribution in [1.82, 2.24) is 4.57 Å². The number of fused-ring (bicyclic) bond motifs is 1. The fraction of sp³-hybridized carbons (Fsp3) is 0.162. The van der Waals surface area contributed by atoms with Gasteiger partial charge in [-0.3, -0.25) is 9.36 Å². The van der Waals surface area contributed by atoms with Crippen LogP contribution >= 0.6 is 22.9 Å². The second kappa shape index (κ2) is 14.0. The molecule has 0 radical (unpaired) electrons. The molecule has 2 heterocycles. The first-order valence-electron chi connectivity index (χ1n) is 14.9. The quantitative estimate of drug-likeness (QED) is 0.160. The first-order valence-corrected chi connectivity index (χ1v) is 16.1. The number of esters is 1. The van der Waals surface area contributed by atoms with Gasteiger partial charge in [0.05, 0.1) is 35.1 Å². The van der Waals surface area contributed by atoms with Crippen LogP contribution in [-0.2, 0) is 16.1 Å². The van der Waals surface area contributed by atoms with E-state index >= 15 is 0 Å². The largest absolute Gasteiger partial charge is 0.490 e. The minimum atomic E-state index is -0.728. The van der Waals surface area contributed by atoms with Crippen molar-refractivity contribution in [3.05, 3.63) is 156 Å². The van der Waals surface area contributed by atoms with E-state index in [1.807, 2.05) is 116 Å². The molecule has 0 bridgehead atoms. The predicted octanol–water partition coefficient (Wildman–Crippen LogP) is 6.57. The summed E-state index contributed by atoms with van der Waals surface area (Å²) in [4.78, 5) is 33.2. The molecule has 1 aliphatic rings. The Balaban J connectivity index is 1.47. The van der Waals surface area contributed by atoms with E-state index in [1.54, 1.807) is 11.5 Å². The molecule has 0 N–H and O–H groups in total. The van der Waals surface area contributed by atoms with Crippen molar-refractivity contribution in [2.45, 2.75) is 26.5 Å². The monoisotopic (exact) mass is 650 g/mol. The second-order valence-corrected chi connectivity index (χ2v) is 11.8. The maximum atomic E-state index is 14.2. The third kappa shape index (κ3) is 6.40. The molecule has 6 rings (SSSR count). The fourth-order valence-electron chi connectivity index (χ4n) is 5.32. The van der Waals surface area contributed by atoms with Crippen LogP contribution < -0.4 is 24.4 Å². The zero-order valence-corrected chi connectivity index (χ0v) is 26.9. The Morgan fingerprint density at radius 2 is 1.61 bits per heavy atom. The Bertz CT molecular complexity index is 2090. The van der Waals surface area contributed by atoms with Crippen LogP contribution in [-0.4, -0.2) is 23.8 Å². The highest BCUT2D eigenvalue weighted by atomic mass is 35.5. The van der Waals surface area contributed by atoms with Gasteiger partial charge in [0.15, 0.2) is 16.3 Å². The standard InChI is InChI=1S/C37H31ClN2O5S/c1-3-43-30-21-24(19-20-29(30)45-23-27-17-11-12-18-28(27)38)22-31-35(41)40-34(26-15-9-6-10-16-26)32(36(42)44-4-2)33(39-37(40)46-31)25-13-7-5-8-14-25/h5-22,34H,3-4,23H2,1-2H3/b31-22+/t34-/m0/s1. The zero-order chi connectivity index (χ0) is 32.0. The number of hydrogen-bond donors (Lipinski definition) is 0. The number of halogens is 1. The molecule has 46 heavy (non-hydrogen) atoms. The first kappa shape index (κ1) is 31.1. The van der Waals surface area contributed by atoms with Gasteiger partial charge in [0.1, 0.15) is 6.61 Å². The highest BCUT2D eigenvalue weighted by Crippen LogP contribution is 2.35. The van der Waals surface area contributed by atoms with Gasteiger partial charge in [0.25, 0.3) is 5.56 Å². The number of benzene rings is 4. The summed E-state index contributed by atoms with van der Waals surface area (Å²) in [6.45, 7) is 4.57. The van der Waals surface area contributed by atoms with Gasteiger partial charge in [-0.15, -0.1) is 0 Å². The van der Waals surface area contributed by atoms with Gasteiger partial charge < -0.3 is 14.2 Å². The molecule has 0 fully saturated rings. The van der Waals surface area contributed by atoms with Crippen molar-refractivity contribution in [1.29, 1.82) is 0 Å². The van der Waals surface area contributed by atoms with Crippen LogP contribution in [0.2, 0.25) is 5.02 Å². The molecule has 0 unspecified atom stereocenters. The number of hydrogen-bond acceptors (Lipinski definition) is 7. The first-order chi connectivity index (χ1) is 22.5. The summed E-state index contributed by atoms with van der Waals surface area (Å²) in [5.41, 5.74) is 3.70. The van der Waals surface area contributed by atoms with E-state index in [0.717, 1.165) is 22.3 Å². The number of ether oxygens (including phenoxy) is 3. The van der Waals surface area contributed by atoms with Crippen LogP contribution in [0.25, 0.3) is 11.8 Å². The molecule has 5 aromatic rings. The van der Waals surface area contributed by atoms with Gasteiger partial charge >= 0.3 is 5.97 Å². The lowest BCUT2D eigenvalue weighted by atomic mass is 9.93. The predicted molar refractivity (Wildman–Crippen MR) is 181 cm³/mol. The molecule has 232 valence electrons. The summed E-state index contributed by atoms with van der Waals surface area (Å²) >= 11 is 7.59. The van der Waals surface area contributed by atoms with E-state index in [0.29, 0.717) is 43.7 Å². The number of rotatable bonds is 10. The smallest absolute Gasteiger partial charge is 0.338 e. The number of nitrogens with zero attached hydrogens (tertiary/aromatic N) is 2. The van der Waals surface area contributed by atoms with Crippen LogP contribution in [0.5, 0.6) is 11.5 Å². The Morgan fingerprint density at radius 1 is 0.891 bits per heavy atom. The molecule has 7 nitrogen and oxygen atoms in total. The minimum Gasteiger partial charge on any atom is -0.490 e. The molecule has 1 aromatic heterocycles. The number of carbonyl (C=O) groups excluding carboxylic acids is 1. The SMILES string of the molecule is CCOC(=O)C1=C(c2ccccc2)N=c2s/c(=C/c3ccc(OCc4ccccc4Cl)c(OCC)c3)c(=O)n2[C@H]1c1ccccc1. The third-order valence-corrected chi connectivity index (χ3v) is 8.75. The molecule has 0 amide bonds. The third-order valence-electron chi connectivity index (χ3n) is 7.40. The van der Waals surface area contributed by atoms with E-state index in [2.05, 4.69) is 0 Å². The molecule has 0 saturated carbocycles. The topological polar surface area (TPSA) is 79.1 Å². The molecule has 1 aliphatic heterocycles. The number of aromatic nitrogens is 1. The second-order valence-electron chi connectivity index (χ2n) is 10.4. The summed E-state index contributed by atoms with van der Waals surface area (Å²) in [6.07, 6.45) is 1.81. The van der Waals surface area contributed by atoms with Gasteiger partial charge in [-0.25, -0.2) is 9.79 Å². The molecule has 4 aromatic carbocycles. The van der Waals surface area contributed by atoms with Crippen molar-refractivity contribution in [2.75, 3.05) is 13.2 Å². The average Bonchev–Trinajstić information content (AvgIpc) is 3.39. The van der Waals surface area contributed by atoms with Crippen LogP contribution in [0.15, 0.2) is 118 Å². The van der Waals surface area contributed by atoms with Gasteiger partial charge in [-0.2, -0.15) is 0 Å². The van der Waals surface area contributed by atoms with E-state index in [-0.39, 0.29) is 18.8 Å². The zero-order valence-electron chi connectivity index (χ0n) is 25.3. The van der Waals surface area contributed by atoms with Crippen LogP contribution in [0.1, 0.15) is 42.1 Å². The maximum Gasteiger partial charge on any atom is 0.338 e. The molecule has 1 atom stereocenters. The van der Waals surface area contributed by atoms with Gasteiger partial charge in [-0.1, -0.05) is 108 Å². The Hall–Kier alpha value is -4.92. The lowest BCUT2D eigenvalue weighted by molar-refractivity contribution is -0.138. The van der Waals surface area contributed by atoms with Crippen molar-refractivity contribution >= 4 is 40.7 Å². The van der Waals surface area contributed by atoms with Crippen molar-refractivity contribution in [3.8, 4) is 11.5 Å². The van der Waals surface area contributed by atoms with Gasteiger partial charge in [-0.05, 0) is 49.2 Å². The summed E-state index contributed by atoms with van der Waals surface area (Å²) < 4.78 is 19.6. The van der Waals surface area contributed by atoms with Crippen LogP contribution in [0, 0.1) is 0 Å². The highest BCUT2D eigenvalue weighted by Gasteiger charge is 2.35. The van der Waals surface area contributed by atoms with Crippen molar-refractivity contribution in [2.24, 2.45) is 4.99 Å². The maximum absolute atomic E-state index is 14.2. The summed E-state index contributed by atoms with van der Waals surface area (Å²) in [5.74, 6) is 0.604. The molecule has 0 saturated heterocycles. The molecule has 0 aliphatic carbocycles. The Labute approximate surface area is 275 Å². The highest BCUT2D eigenvalue weighted by molar-refractivity contribution is 7.07. The fourth-order valence-corrected chi connectivity index (χ4v) is 6.51. The lowest BCUT2D eigenvalue weighted by Gasteiger charge is -2.25. The summed E-state index contributed by atoms with van der Waals surface area (Å²) in [7, 11) is 0. The average molecular weight is 651 g/mol. The van der Waals surface area contributed by atoms with Crippen LogP contribution in [0.3, 0.4) is 0 Å². The molecule has 0 spiro atoms. The van der Waals surface area contributed by atoms with Crippen LogP contribution in [0.4, 0.5) is 0 Å².